The van der Waals surface area contributed by atoms with Crippen molar-refractivity contribution in [1.82, 2.24) is 14.3 Å². The van der Waals surface area contributed by atoms with E-state index < -0.39 is 5.97 Å². The predicted octanol–water partition coefficient (Wildman–Crippen LogP) is 3.03. The molecule has 0 N–H and O–H groups in total. The van der Waals surface area contributed by atoms with Crippen LogP contribution >= 0.6 is 11.3 Å². The Hall–Kier alpha value is -3.85. The number of hydrogen-bond donors (Lipinski definition) is 0. The molecule has 3 heterocycles. The van der Waals surface area contributed by atoms with E-state index >= 15 is 0 Å². The van der Waals surface area contributed by atoms with Crippen LogP contribution in [0.25, 0.3) is 15.2 Å². The standard InChI is InChI=1S/C23H17N3O5S/c27-19-12-14(24-23-26(19)17-8-3-4-9-18(17)32-23)13-31-20(28)10-5-11-25-21(29)15-6-1-2-7-16(15)22(25)30/h1-4,6-9,12H,5,10-11,13H2. The van der Waals surface area contributed by atoms with E-state index in [2.05, 4.69) is 4.98 Å². The fourth-order valence-electron chi connectivity index (χ4n) is 3.75. The van der Waals surface area contributed by atoms with Crippen molar-refractivity contribution in [2.45, 2.75) is 19.4 Å². The second kappa shape index (κ2) is 8.01. The summed E-state index contributed by atoms with van der Waals surface area (Å²) in [6.07, 6.45) is 0.327. The number of carbonyl (C=O) groups excluding carboxylic acids is 3. The van der Waals surface area contributed by atoms with Crippen molar-refractivity contribution in [2.24, 2.45) is 0 Å². The molecule has 160 valence electrons. The highest BCUT2D eigenvalue weighted by atomic mass is 32.1. The molecule has 0 fully saturated rings. The Balaban J connectivity index is 1.18. The van der Waals surface area contributed by atoms with E-state index in [0.717, 1.165) is 15.1 Å². The van der Waals surface area contributed by atoms with Gasteiger partial charge in [-0.25, -0.2) is 4.98 Å². The van der Waals surface area contributed by atoms with Crippen LogP contribution in [0.15, 0.2) is 59.4 Å². The first-order valence-electron chi connectivity index (χ1n) is 10.0. The molecule has 1 aliphatic rings. The topological polar surface area (TPSA) is 98.0 Å². The van der Waals surface area contributed by atoms with E-state index in [4.69, 9.17) is 4.74 Å². The average Bonchev–Trinajstić information content (AvgIpc) is 3.29. The zero-order valence-corrected chi connectivity index (χ0v) is 17.6. The molecule has 4 aromatic rings. The molecule has 0 radical (unpaired) electrons. The van der Waals surface area contributed by atoms with Gasteiger partial charge in [-0.15, -0.1) is 0 Å². The van der Waals surface area contributed by atoms with Gasteiger partial charge in [-0.2, -0.15) is 0 Å². The molecule has 32 heavy (non-hydrogen) atoms. The zero-order chi connectivity index (χ0) is 22.2. The maximum atomic E-state index is 12.5. The highest BCUT2D eigenvalue weighted by Crippen LogP contribution is 2.24. The summed E-state index contributed by atoms with van der Waals surface area (Å²) in [5.41, 5.74) is 1.70. The predicted molar refractivity (Wildman–Crippen MR) is 118 cm³/mol. The lowest BCUT2D eigenvalue weighted by atomic mass is 10.1. The summed E-state index contributed by atoms with van der Waals surface area (Å²) in [6, 6.07) is 15.5. The average molecular weight is 447 g/mol. The first-order chi connectivity index (χ1) is 15.5. The first-order valence-corrected chi connectivity index (χ1v) is 10.9. The quantitative estimate of drug-likeness (QED) is 0.333. The second-order valence-electron chi connectivity index (χ2n) is 7.35. The Morgan fingerprint density at radius 1 is 0.969 bits per heavy atom. The van der Waals surface area contributed by atoms with Crippen LogP contribution in [0.2, 0.25) is 0 Å². The van der Waals surface area contributed by atoms with Gasteiger partial charge in [0.05, 0.1) is 27.0 Å². The summed E-state index contributed by atoms with van der Waals surface area (Å²) in [5, 5.41) is 0. The number of para-hydroxylation sites is 1. The first kappa shape index (κ1) is 20.1. The van der Waals surface area contributed by atoms with Crippen LogP contribution in [0.3, 0.4) is 0 Å². The number of benzene rings is 2. The number of imide groups is 1. The molecule has 0 atom stereocenters. The van der Waals surface area contributed by atoms with Crippen LogP contribution in [-0.2, 0) is 16.1 Å². The molecule has 1 aliphatic heterocycles. The van der Waals surface area contributed by atoms with Gasteiger partial charge in [0.2, 0.25) is 0 Å². The van der Waals surface area contributed by atoms with Crippen LogP contribution in [0.5, 0.6) is 0 Å². The monoisotopic (exact) mass is 447 g/mol. The number of amides is 2. The molecule has 2 amide bonds. The van der Waals surface area contributed by atoms with Gasteiger partial charge in [-0.3, -0.25) is 28.5 Å². The van der Waals surface area contributed by atoms with Crippen LogP contribution < -0.4 is 5.56 Å². The SMILES string of the molecule is O=C(CCCN1C(=O)c2ccccc2C1=O)OCc1cc(=O)n2c(n1)sc1ccccc12. The summed E-state index contributed by atoms with van der Waals surface area (Å²) >= 11 is 1.39. The molecule has 0 bridgehead atoms. The van der Waals surface area contributed by atoms with Gasteiger partial charge in [-0.05, 0) is 30.7 Å². The third kappa shape index (κ3) is 3.46. The van der Waals surface area contributed by atoms with Gasteiger partial charge in [0.1, 0.15) is 6.61 Å². The van der Waals surface area contributed by atoms with E-state index in [-0.39, 0.29) is 43.4 Å². The van der Waals surface area contributed by atoms with Crippen LogP contribution in [-0.4, -0.2) is 38.6 Å². The number of carbonyl (C=O) groups is 3. The number of fused-ring (bicyclic) bond motifs is 4. The molecular formula is C23H17N3O5S. The molecular weight excluding hydrogens is 430 g/mol. The molecule has 8 nitrogen and oxygen atoms in total. The minimum atomic E-state index is -0.486. The molecule has 0 aliphatic carbocycles. The van der Waals surface area contributed by atoms with E-state index in [1.165, 1.54) is 21.8 Å². The summed E-state index contributed by atoms with van der Waals surface area (Å²) < 4.78 is 7.73. The smallest absolute Gasteiger partial charge is 0.306 e. The fraction of sp³-hybridized carbons (Fsp3) is 0.174. The van der Waals surface area contributed by atoms with E-state index in [1.807, 2.05) is 24.3 Å². The summed E-state index contributed by atoms with van der Waals surface area (Å²) in [4.78, 5) is 55.5. The number of rotatable bonds is 6. The van der Waals surface area contributed by atoms with Gasteiger partial charge in [0.25, 0.3) is 17.4 Å². The number of nitrogens with zero attached hydrogens (tertiary/aromatic N) is 3. The third-order valence-corrected chi connectivity index (χ3v) is 6.29. The van der Waals surface area contributed by atoms with E-state index in [0.29, 0.717) is 21.8 Å². The second-order valence-corrected chi connectivity index (χ2v) is 8.35. The van der Waals surface area contributed by atoms with Crippen molar-refractivity contribution < 1.29 is 19.1 Å². The lowest BCUT2D eigenvalue weighted by Crippen LogP contribution is -2.31. The van der Waals surface area contributed by atoms with Gasteiger partial charge >= 0.3 is 5.97 Å². The number of esters is 1. The van der Waals surface area contributed by atoms with Crippen molar-refractivity contribution in [1.29, 1.82) is 0 Å². The van der Waals surface area contributed by atoms with Crippen LogP contribution in [0.1, 0.15) is 39.3 Å². The van der Waals surface area contributed by atoms with E-state index in [1.54, 1.807) is 24.3 Å². The summed E-state index contributed by atoms with van der Waals surface area (Å²) in [7, 11) is 0. The molecule has 0 saturated carbocycles. The van der Waals surface area contributed by atoms with Gasteiger partial charge in [-0.1, -0.05) is 35.6 Å². The fourth-order valence-corrected chi connectivity index (χ4v) is 4.80. The molecule has 9 heteroatoms. The Bertz CT molecular complexity index is 1420. The van der Waals surface area contributed by atoms with Crippen molar-refractivity contribution in [2.75, 3.05) is 6.54 Å². The highest BCUT2D eigenvalue weighted by Gasteiger charge is 2.34. The van der Waals surface area contributed by atoms with Crippen LogP contribution in [0.4, 0.5) is 0 Å². The minimum Gasteiger partial charge on any atom is -0.459 e. The minimum absolute atomic E-state index is 0.0392. The number of thiazole rings is 1. The van der Waals surface area contributed by atoms with Gasteiger partial charge in [0, 0.05) is 19.0 Å². The highest BCUT2D eigenvalue weighted by molar-refractivity contribution is 7.23. The summed E-state index contributed by atoms with van der Waals surface area (Å²) in [6.45, 7) is 0.0145. The maximum absolute atomic E-state index is 12.5. The van der Waals surface area contributed by atoms with Crippen molar-refractivity contribution >= 4 is 44.3 Å². The molecule has 0 saturated heterocycles. The third-order valence-electron chi connectivity index (χ3n) is 5.27. The largest absolute Gasteiger partial charge is 0.459 e. The van der Waals surface area contributed by atoms with E-state index in [9.17, 15) is 19.2 Å². The lowest BCUT2D eigenvalue weighted by Gasteiger charge is -2.13. The Kier molecular flexibility index (Phi) is 5.02. The molecule has 0 spiro atoms. The Morgan fingerprint density at radius 2 is 1.66 bits per heavy atom. The van der Waals surface area contributed by atoms with Crippen molar-refractivity contribution in [3.05, 3.63) is 81.8 Å². The molecule has 5 rings (SSSR count). The van der Waals surface area contributed by atoms with Crippen molar-refractivity contribution in [3.8, 4) is 0 Å². The Morgan fingerprint density at radius 3 is 2.41 bits per heavy atom. The maximum Gasteiger partial charge on any atom is 0.306 e. The van der Waals surface area contributed by atoms with Crippen molar-refractivity contribution in [3.63, 3.8) is 0 Å². The zero-order valence-electron chi connectivity index (χ0n) is 16.8. The number of ether oxygens (including phenoxy) is 1. The molecule has 2 aromatic carbocycles. The lowest BCUT2D eigenvalue weighted by molar-refractivity contribution is -0.145. The van der Waals surface area contributed by atoms with Gasteiger partial charge < -0.3 is 4.74 Å². The number of aromatic nitrogens is 2. The van der Waals surface area contributed by atoms with Crippen LogP contribution in [0, 0.1) is 0 Å². The normalized spacial score (nSPS) is 13.2. The molecule has 0 unspecified atom stereocenters. The summed E-state index contributed by atoms with van der Waals surface area (Å²) in [5.74, 6) is -1.18. The number of hydrogen-bond acceptors (Lipinski definition) is 7. The van der Waals surface area contributed by atoms with Gasteiger partial charge in [0.15, 0.2) is 4.96 Å². The Labute approximate surface area is 185 Å². The molecule has 2 aromatic heterocycles.